The van der Waals surface area contributed by atoms with Crippen molar-refractivity contribution in [2.45, 2.75) is 13.0 Å². The number of aliphatic hydroxyl groups excluding tert-OH is 1. The summed E-state index contributed by atoms with van der Waals surface area (Å²) in [7, 11) is 0. The third kappa shape index (κ3) is 2.34. The second kappa shape index (κ2) is 5.51. The lowest BCUT2D eigenvalue weighted by molar-refractivity contribution is -0.128. The van der Waals surface area contributed by atoms with E-state index in [2.05, 4.69) is 6.58 Å². The minimum absolute atomic E-state index is 0.110. The number of Topliss-reactive ketones (excluding diaryl/α,β-unsaturated/α-hetero) is 1. The molecule has 1 atom stereocenters. The first-order valence-corrected chi connectivity index (χ1v) is 6.46. The average molecular weight is 292 g/mol. The molecule has 0 saturated carbocycles. The van der Waals surface area contributed by atoms with E-state index in [0.29, 0.717) is 5.02 Å². The number of halogens is 1. The number of carbonyl (C=O) groups is 2. The fourth-order valence-electron chi connectivity index (χ4n) is 2.33. The molecule has 0 aliphatic carbocycles. The highest BCUT2D eigenvalue weighted by atomic mass is 35.5. The number of rotatable bonds is 4. The van der Waals surface area contributed by atoms with Crippen molar-refractivity contribution in [3.8, 4) is 0 Å². The molecule has 1 aromatic rings. The fraction of sp³-hybridized carbons (Fsp3) is 0.200. The number of hydrogen-bond donors (Lipinski definition) is 1. The van der Waals surface area contributed by atoms with Gasteiger partial charge in [-0.3, -0.25) is 9.59 Å². The summed E-state index contributed by atoms with van der Waals surface area (Å²) >= 11 is 5.85. The molecule has 0 radical (unpaired) electrons. The number of amides is 1. The third-order valence-electron chi connectivity index (χ3n) is 3.19. The van der Waals surface area contributed by atoms with Gasteiger partial charge in [-0.25, -0.2) is 0 Å². The van der Waals surface area contributed by atoms with Crippen LogP contribution in [0.25, 0.3) is 0 Å². The zero-order valence-electron chi connectivity index (χ0n) is 11.0. The fourth-order valence-corrected chi connectivity index (χ4v) is 2.46. The van der Waals surface area contributed by atoms with Crippen molar-refractivity contribution >= 4 is 23.3 Å². The molecule has 0 fully saturated rings. The highest BCUT2D eigenvalue weighted by molar-refractivity contribution is 6.30. The summed E-state index contributed by atoms with van der Waals surface area (Å²) < 4.78 is 0. The molecule has 1 aromatic carbocycles. The van der Waals surface area contributed by atoms with Gasteiger partial charge in [-0.15, -0.1) is 6.58 Å². The summed E-state index contributed by atoms with van der Waals surface area (Å²) in [6.07, 6.45) is 1.55. The van der Waals surface area contributed by atoms with Gasteiger partial charge in [0.1, 0.15) is 0 Å². The van der Waals surface area contributed by atoms with Gasteiger partial charge in [-0.1, -0.05) is 29.8 Å². The van der Waals surface area contributed by atoms with Crippen molar-refractivity contribution < 1.29 is 14.7 Å². The highest BCUT2D eigenvalue weighted by Gasteiger charge is 2.41. The molecule has 20 heavy (non-hydrogen) atoms. The van der Waals surface area contributed by atoms with E-state index in [1.54, 1.807) is 30.3 Å². The van der Waals surface area contributed by atoms with E-state index in [4.69, 9.17) is 11.6 Å². The van der Waals surface area contributed by atoms with E-state index in [1.165, 1.54) is 11.8 Å². The molecule has 1 aliphatic heterocycles. The van der Waals surface area contributed by atoms with Crippen LogP contribution in [0.4, 0.5) is 0 Å². The van der Waals surface area contributed by atoms with Crippen LogP contribution in [-0.2, 0) is 9.59 Å². The van der Waals surface area contributed by atoms with Crippen LogP contribution in [-0.4, -0.2) is 28.2 Å². The molecular formula is C15H14ClNO3. The Morgan fingerprint density at radius 1 is 1.45 bits per heavy atom. The van der Waals surface area contributed by atoms with E-state index in [-0.39, 0.29) is 17.9 Å². The molecule has 1 amide bonds. The number of ketones is 1. The van der Waals surface area contributed by atoms with Gasteiger partial charge in [-0.05, 0) is 24.6 Å². The van der Waals surface area contributed by atoms with Crippen LogP contribution in [0.5, 0.6) is 0 Å². The maximum atomic E-state index is 12.1. The number of carbonyl (C=O) groups excluding carboxylic acids is 2. The minimum atomic E-state index is -0.602. The molecule has 104 valence electrons. The first-order chi connectivity index (χ1) is 9.47. The Morgan fingerprint density at radius 3 is 2.55 bits per heavy atom. The molecule has 1 aliphatic rings. The summed E-state index contributed by atoms with van der Waals surface area (Å²) in [4.78, 5) is 25.2. The lowest BCUT2D eigenvalue weighted by atomic mass is 9.97. The SMILES string of the molecule is C=CCN1C(=O)C(O)=C(C(C)=O)[C@@H]1c1ccc(Cl)cc1. The van der Waals surface area contributed by atoms with Crippen LogP contribution in [0.2, 0.25) is 5.02 Å². The zero-order chi connectivity index (χ0) is 14.9. The number of nitrogens with zero attached hydrogens (tertiary/aromatic N) is 1. The second-order valence-electron chi connectivity index (χ2n) is 4.52. The highest BCUT2D eigenvalue weighted by Crippen LogP contribution is 2.37. The molecule has 2 rings (SSSR count). The van der Waals surface area contributed by atoms with E-state index in [9.17, 15) is 14.7 Å². The Bertz CT molecular complexity index is 604. The Balaban J connectivity index is 2.54. The summed E-state index contributed by atoms with van der Waals surface area (Å²) in [5.41, 5.74) is 0.832. The minimum Gasteiger partial charge on any atom is -0.503 e. The maximum absolute atomic E-state index is 12.1. The van der Waals surface area contributed by atoms with Gasteiger partial charge in [0, 0.05) is 11.6 Å². The van der Waals surface area contributed by atoms with Crippen LogP contribution in [0.1, 0.15) is 18.5 Å². The molecular weight excluding hydrogens is 278 g/mol. The van der Waals surface area contributed by atoms with Crippen molar-refractivity contribution in [3.05, 3.63) is 58.8 Å². The van der Waals surface area contributed by atoms with Crippen molar-refractivity contribution in [1.82, 2.24) is 4.90 Å². The summed E-state index contributed by atoms with van der Waals surface area (Å²) in [5.74, 6) is -1.38. The first kappa shape index (κ1) is 14.3. The molecule has 0 unspecified atom stereocenters. The smallest absolute Gasteiger partial charge is 0.290 e. The molecule has 0 spiro atoms. The Morgan fingerprint density at radius 2 is 2.05 bits per heavy atom. The molecule has 0 aromatic heterocycles. The quantitative estimate of drug-likeness (QED) is 0.868. The standard InChI is InChI=1S/C15H14ClNO3/c1-3-8-17-13(10-4-6-11(16)7-5-10)12(9(2)18)14(19)15(17)20/h3-7,13,19H,1,8H2,2H3/t13-/m0/s1. The van der Waals surface area contributed by atoms with Gasteiger partial charge in [-0.2, -0.15) is 0 Å². The summed E-state index contributed by atoms with van der Waals surface area (Å²) in [6, 6.07) is 6.23. The molecule has 4 nitrogen and oxygen atoms in total. The van der Waals surface area contributed by atoms with Crippen molar-refractivity contribution in [2.24, 2.45) is 0 Å². The molecule has 0 bridgehead atoms. The van der Waals surface area contributed by atoms with E-state index in [1.807, 2.05) is 0 Å². The third-order valence-corrected chi connectivity index (χ3v) is 3.45. The van der Waals surface area contributed by atoms with Crippen molar-refractivity contribution in [2.75, 3.05) is 6.54 Å². The molecule has 5 heteroatoms. The Labute approximate surface area is 122 Å². The first-order valence-electron chi connectivity index (χ1n) is 6.08. The average Bonchev–Trinajstić information content (AvgIpc) is 2.65. The monoisotopic (exact) mass is 291 g/mol. The van der Waals surface area contributed by atoms with Gasteiger partial charge in [0.05, 0.1) is 11.6 Å². The van der Waals surface area contributed by atoms with Crippen molar-refractivity contribution in [1.29, 1.82) is 0 Å². The number of hydrogen-bond acceptors (Lipinski definition) is 3. The Kier molecular flexibility index (Phi) is 3.95. The summed E-state index contributed by atoms with van der Waals surface area (Å²) in [6.45, 7) is 5.17. The summed E-state index contributed by atoms with van der Waals surface area (Å²) in [5, 5.41) is 10.5. The van der Waals surface area contributed by atoms with E-state index in [0.717, 1.165) is 5.56 Å². The van der Waals surface area contributed by atoms with Crippen LogP contribution in [0, 0.1) is 0 Å². The van der Waals surface area contributed by atoms with Crippen LogP contribution in [0.15, 0.2) is 48.3 Å². The van der Waals surface area contributed by atoms with Crippen molar-refractivity contribution in [3.63, 3.8) is 0 Å². The predicted molar refractivity (Wildman–Crippen MR) is 76.4 cm³/mol. The molecule has 1 heterocycles. The van der Waals surface area contributed by atoms with Crippen LogP contribution < -0.4 is 0 Å². The number of aliphatic hydroxyl groups is 1. The zero-order valence-corrected chi connectivity index (χ0v) is 11.7. The second-order valence-corrected chi connectivity index (χ2v) is 4.96. The van der Waals surface area contributed by atoms with E-state index < -0.39 is 17.7 Å². The van der Waals surface area contributed by atoms with Gasteiger partial charge in [0.25, 0.3) is 5.91 Å². The largest absolute Gasteiger partial charge is 0.503 e. The van der Waals surface area contributed by atoms with Gasteiger partial charge < -0.3 is 10.0 Å². The Hall–Kier alpha value is -2.07. The van der Waals surface area contributed by atoms with E-state index >= 15 is 0 Å². The van der Waals surface area contributed by atoms with Crippen LogP contribution >= 0.6 is 11.6 Å². The predicted octanol–water partition coefficient (Wildman–Crippen LogP) is 2.81. The van der Waals surface area contributed by atoms with Gasteiger partial charge in [0.2, 0.25) is 0 Å². The number of benzene rings is 1. The van der Waals surface area contributed by atoms with Gasteiger partial charge >= 0.3 is 0 Å². The van der Waals surface area contributed by atoms with Crippen LogP contribution in [0.3, 0.4) is 0 Å². The lowest BCUT2D eigenvalue weighted by Crippen LogP contribution is -2.31. The maximum Gasteiger partial charge on any atom is 0.290 e. The molecule has 0 saturated heterocycles. The molecule has 1 N–H and O–H groups in total. The van der Waals surface area contributed by atoms with Gasteiger partial charge in [0.15, 0.2) is 11.5 Å². The topological polar surface area (TPSA) is 57.6 Å². The lowest BCUT2D eigenvalue weighted by Gasteiger charge is -2.25. The normalized spacial score (nSPS) is 18.6.